The molecule has 12 heavy (non-hydrogen) atoms. The highest BCUT2D eigenvalue weighted by atomic mass is 35.5. The standard InChI is InChI=1S/C7H8ClN3O/c1-11(7(8)12)6-3-2-5(9)4-10-6/h2-4H,9H2,1H3. The quantitative estimate of drug-likeness (QED) is 0.532. The Hall–Kier alpha value is -1.29. The Morgan fingerprint density at radius 3 is 2.75 bits per heavy atom. The lowest BCUT2D eigenvalue weighted by Gasteiger charge is -2.11. The maximum Gasteiger partial charge on any atom is 0.321 e. The van der Waals surface area contributed by atoms with Crippen molar-refractivity contribution in [2.24, 2.45) is 0 Å². The van der Waals surface area contributed by atoms with Crippen molar-refractivity contribution in [2.45, 2.75) is 0 Å². The van der Waals surface area contributed by atoms with Crippen molar-refractivity contribution in [3.05, 3.63) is 18.3 Å². The fourth-order valence-corrected chi connectivity index (χ4v) is 0.773. The minimum atomic E-state index is -0.577. The number of anilines is 2. The Labute approximate surface area is 74.9 Å². The number of halogens is 1. The average molecular weight is 186 g/mol. The second-order valence-corrected chi connectivity index (χ2v) is 2.59. The molecule has 0 radical (unpaired) electrons. The van der Waals surface area contributed by atoms with E-state index in [0.717, 1.165) is 0 Å². The van der Waals surface area contributed by atoms with Crippen LogP contribution in [0.4, 0.5) is 16.3 Å². The molecule has 1 heterocycles. The second-order valence-electron chi connectivity index (χ2n) is 2.26. The molecule has 0 spiro atoms. The van der Waals surface area contributed by atoms with Gasteiger partial charge in [-0.2, -0.15) is 0 Å². The third-order valence-corrected chi connectivity index (χ3v) is 1.63. The van der Waals surface area contributed by atoms with Crippen LogP contribution in [0, 0.1) is 0 Å². The summed E-state index contributed by atoms with van der Waals surface area (Å²) >= 11 is 5.22. The van der Waals surface area contributed by atoms with Gasteiger partial charge in [0.1, 0.15) is 5.82 Å². The highest BCUT2D eigenvalue weighted by Gasteiger charge is 2.07. The molecule has 4 nitrogen and oxygen atoms in total. The Morgan fingerprint density at radius 2 is 2.33 bits per heavy atom. The van der Waals surface area contributed by atoms with Crippen molar-refractivity contribution in [1.29, 1.82) is 0 Å². The normalized spacial score (nSPS) is 9.50. The molecule has 5 heteroatoms. The number of nitrogens with zero attached hydrogens (tertiary/aromatic N) is 2. The predicted molar refractivity (Wildman–Crippen MR) is 48.3 cm³/mol. The predicted octanol–water partition coefficient (Wildman–Crippen LogP) is 1.46. The zero-order chi connectivity index (χ0) is 9.14. The first-order valence-electron chi connectivity index (χ1n) is 3.26. The van der Waals surface area contributed by atoms with E-state index in [4.69, 9.17) is 17.3 Å². The smallest absolute Gasteiger partial charge is 0.321 e. The zero-order valence-electron chi connectivity index (χ0n) is 6.49. The molecule has 0 aromatic carbocycles. The number of nitrogen functional groups attached to an aromatic ring is 1. The molecular weight excluding hydrogens is 178 g/mol. The topological polar surface area (TPSA) is 59.2 Å². The molecule has 0 fully saturated rings. The minimum absolute atomic E-state index is 0.476. The molecule has 0 saturated carbocycles. The van der Waals surface area contributed by atoms with Gasteiger partial charge in [-0.05, 0) is 23.7 Å². The first-order chi connectivity index (χ1) is 5.61. The number of hydrogen-bond donors (Lipinski definition) is 1. The van der Waals surface area contributed by atoms with Gasteiger partial charge in [0, 0.05) is 7.05 Å². The summed E-state index contributed by atoms with van der Waals surface area (Å²) in [5, 5.41) is -0.577. The van der Waals surface area contributed by atoms with Gasteiger partial charge in [0.25, 0.3) is 0 Å². The monoisotopic (exact) mass is 185 g/mol. The number of hydrogen-bond acceptors (Lipinski definition) is 3. The van der Waals surface area contributed by atoms with Crippen molar-refractivity contribution < 1.29 is 4.79 Å². The number of carbonyl (C=O) groups is 1. The first kappa shape index (κ1) is 8.80. The van der Waals surface area contributed by atoms with Crippen LogP contribution in [0.5, 0.6) is 0 Å². The third-order valence-electron chi connectivity index (χ3n) is 1.38. The number of carbonyl (C=O) groups excluding carboxylic acids is 1. The first-order valence-corrected chi connectivity index (χ1v) is 3.64. The van der Waals surface area contributed by atoms with E-state index in [1.807, 2.05) is 0 Å². The van der Waals surface area contributed by atoms with E-state index in [1.54, 1.807) is 12.1 Å². The summed E-state index contributed by atoms with van der Waals surface area (Å²) < 4.78 is 0. The summed E-state index contributed by atoms with van der Waals surface area (Å²) in [5.74, 6) is 0.476. The maximum absolute atomic E-state index is 10.6. The van der Waals surface area contributed by atoms with Crippen molar-refractivity contribution >= 4 is 28.5 Å². The number of rotatable bonds is 1. The molecule has 0 unspecified atom stereocenters. The van der Waals surface area contributed by atoms with E-state index in [0.29, 0.717) is 11.5 Å². The molecule has 1 amide bonds. The lowest BCUT2D eigenvalue weighted by Crippen LogP contribution is -2.20. The SMILES string of the molecule is CN(C(=O)Cl)c1ccc(N)cn1. The summed E-state index contributed by atoms with van der Waals surface area (Å²) in [6.45, 7) is 0. The summed E-state index contributed by atoms with van der Waals surface area (Å²) in [6, 6.07) is 3.27. The number of aromatic nitrogens is 1. The Kier molecular flexibility index (Phi) is 2.50. The number of amides is 1. The molecule has 1 aromatic rings. The van der Waals surface area contributed by atoms with Gasteiger partial charge in [0.05, 0.1) is 11.9 Å². The molecule has 0 aliphatic heterocycles. The molecule has 0 aliphatic carbocycles. The van der Waals surface area contributed by atoms with E-state index in [2.05, 4.69) is 4.98 Å². The molecule has 0 aliphatic rings. The summed E-state index contributed by atoms with van der Waals surface area (Å²) in [5.41, 5.74) is 5.95. The number of pyridine rings is 1. The fraction of sp³-hybridized carbons (Fsp3) is 0.143. The molecule has 0 atom stereocenters. The van der Waals surface area contributed by atoms with E-state index < -0.39 is 5.37 Å². The van der Waals surface area contributed by atoms with Gasteiger partial charge < -0.3 is 5.73 Å². The molecule has 2 N–H and O–H groups in total. The summed E-state index contributed by atoms with van der Waals surface area (Å²) in [4.78, 5) is 15.8. The van der Waals surface area contributed by atoms with Crippen LogP contribution in [0.3, 0.4) is 0 Å². The van der Waals surface area contributed by atoms with Crippen molar-refractivity contribution in [3.8, 4) is 0 Å². The highest BCUT2D eigenvalue weighted by Crippen LogP contribution is 2.11. The summed E-state index contributed by atoms with van der Waals surface area (Å²) in [6.07, 6.45) is 1.46. The van der Waals surface area contributed by atoms with Crippen LogP contribution in [-0.4, -0.2) is 17.4 Å². The Bertz CT molecular complexity index is 285. The van der Waals surface area contributed by atoms with Gasteiger partial charge in [-0.25, -0.2) is 4.98 Å². The molecule has 0 bridgehead atoms. The Morgan fingerprint density at radius 1 is 1.67 bits per heavy atom. The van der Waals surface area contributed by atoms with E-state index in [9.17, 15) is 4.79 Å². The van der Waals surface area contributed by atoms with Crippen LogP contribution in [0.2, 0.25) is 0 Å². The van der Waals surface area contributed by atoms with Gasteiger partial charge in [0.2, 0.25) is 0 Å². The average Bonchev–Trinajstić information content (AvgIpc) is 2.04. The maximum atomic E-state index is 10.6. The van der Waals surface area contributed by atoms with Crippen molar-refractivity contribution in [1.82, 2.24) is 4.98 Å². The molecule has 1 aromatic heterocycles. The van der Waals surface area contributed by atoms with Crippen LogP contribution in [0.1, 0.15) is 0 Å². The zero-order valence-corrected chi connectivity index (χ0v) is 7.25. The van der Waals surface area contributed by atoms with Crippen molar-refractivity contribution in [3.63, 3.8) is 0 Å². The van der Waals surface area contributed by atoms with Crippen LogP contribution >= 0.6 is 11.6 Å². The molecule has 0 saturated heterocycles. The van der Waals surface area contributed by atoms with Gasteiger partial charge in [0.15, 0.2) is 0 Å². The Balaban J connectivity index is 2.89. The second kappa shape index (κ2) is 3.40. The highest BCUT2D eigenvalue weighted by molar-refractivity contribution is 6.66. The number of nitrogens with two attached hydrogens (primary N) is 1. The summed E-state index contributed by atoms with van der Waals surface area (Å²) in [7, 11) is 1.54. The van der Waals surface area contributed by atoms with Gasteiger partial charge in [-0.1, -0.05) is 0 Å². The van der Waals surface area contributed by atoms with E-state index in [-0.39, 0.29) is 0 Å². The van der Waals surface area contributed by atoms with Crippen LogP contribution < -0.4 is 10.6 Å². The van der Waals surface area contributed by atoms with Gasteiger partial charge >= 0.3 is 5.37 Å². The molecule has 64 valence electrons. The van der Waals surface area contributed by atoms with Crippen molar-refractivity contribution in [2.75, 3.05) is 17.7 Å². The molecule has 1 rings (SSSR count). The lowest BCUT2D eigenvalue weighted by atomic mass is 10.4. The van der Waals surface area contributed by atoms with E-state index in [1.165, 1.54) is 18.1 Å². The largest absolute Gasteiger partial charge is 0.397 e. The van der Waals surface area contributed by atoms with Gasteiger partial charge in [-0.15, -0.1) is 0 Å². The van der Waals surface area contributed by atoms with Crippen LogP contribution in [-0.2, 0) is 0 Å². The van der Waals surface area contributed by atoms with Crippen LogP contribution in [0.25, 0.3) is 0 Å². The fourth-order valence-electron chi connectivity index (χ4n) is 0.686. The van der Waals surface area contributed by atoms with E-state index >= 15 is 0 Å². The molecular formula is C7H8ClN3O. The van der Waals surface area contributed by atoms with Crippen LogP contribution in [0.15, 0.2) is 18.3 Å². The van der Waals surface area contributed by atoms with Gasteiger partial charge in [-0.3, -0.25) is 9.69 Å². The minimum Gasteiger partial charge on any atom is -0.397 e. The lowest BCUT2D eigenvalue weighted by molar-refractivity contribution is 0.265. The third kappa shape index (κ3) is 1.85.